The minimum atomic E-state index is -0.848. The van der Waals surface area contributed by atoms with Crippen LogP contribution in [-0.4, -0.2) is 46.1 Å². The van der Waals surface area contributed by atoms with Gasteiger partial charge in [-0.15, -0.1) is 0 Å². The molecule has 11 unspecified atom stereocenters. The van der Waals surface area contributed by atoms with Crippen LogP contribution >= 0.6 is 0 Å². The second kappa shape index (κ2) is 6.50. The summed E-state index contributed by atoms with van der Waals surface area (Å²) >= 11 is 0. The molecule has 32 heavy (non-hydrogen) atoms. The van der Waals surface area contributed by atoms with Gasteiger partial charge in [-0.2, -0.15) is 0 Å². The van der Waals surface area contributed by atoms with Gasteiger partial charge < -0.3 is 19.7 Å². The van der Waals surface area contributed by atoms with Gasteiger partial charge in [-0.05, 0) is 86.4 Å². The average Bonchev–Trinajstić information content (AvgIpc) is 3.17. The van der Waals surface area contributed by atoms with Crippen molar-refractivity contribution in [2.24, 2.45) is 39.9 Å². The number of ether oxygens (including phenoxy) is 2. The molecule has 6 nitrogen and oxygen atoms in total. The zero-order chi connectivity index (χ0) is 22.7. The van der Waals surface area contributed by atoms with Crippen LogP contribution in [0.5, 0.6) is 0 Å². The Hall–Kier alpha value is -1.14. The molecule has 1 spiro atoms. The van der Waals surface area contributed by atoms with Crippen LogP contribution in [0.1, 0.15) is 85.0 Å². The molecule has 3 saturated carbocycles. The predicted octanol–water partition coefficient (Wildman–Crippen LogP) is 3.93. The Morgan fingerprint density at radius 2 is 1.78 bits per heavy atom. The number of aliphatic hydroxyl groups is 1. The van der Waals surface area contributed by atoms with Crippen LogP contribution in [0.3, 0.4) is 0 Å². The normalized spacial score (nSPS) is 58.6. The lowest BCUT2D eigenvalue weighted by molar-refractivity contribution is -0.198. The number of aliphatic carboxylic acids is 1. The molecule has 3 aliphatic heterocycles. The number of hydrogen-bond donors (Lipinski definition) is 2. The molecule has 6 fully saturated rings. The zero-order valence-electron chi connectivity index (χ0n) is 19.6. The first-order valence-corrected chi connectivity index (χ1v) is 12.8. The molecule has 2 N–H and O–H groups in total. The van der Waals surface area contributed by atoms with E-state index in [2.05, 4.69) is 13.8 Å². The molecule has 3 heterocycles. The third-order valence-electron chi connectivity index (χ3n) is 11.8. The highest BCUT2D eigenvalue weighted by molar-refractivity contribution is 5.75. The Bertz CT molecular complexity index is 857. The minimum Gasteiger partial charge on any atom is -0.481 e. The average molecular weight is 447 g/mol. The highest BCUT2D eigenvalue weighted by Crippen LogP contribution is 2.71. The van der Waals surface area contributed by atoms with Crippen LogP contribution in [-0.2, 0) is 19.1 Å². The quantitative estimate of drug-likeness (QED) is 0.593. The largest absolute Gasteiger partial charge is 0.481 e. The highest BCUT2D eigenvalue weighted by Gasteiger charge is 2.70. The van der Waals surface area contributed by atoms with Gasteiger partial charge in [0.25, 0.3) is 0 Å². The van der Waals surface area contributed by atoms with Crippen LogP contribution in [0.4, 0.5) is 0 Å². The van der Waals surface area contributed by atoms with Crippen LogP contribution in [0, 0.1) is 39.9 Å². The number of carboxylic acids is 1. The van der Waals surface area contributed by atoms with Crippen molar-refractivity contribution in [3.63, 3.8) is 0 Å². The van der Waals surface area contributed by atoms with Crippen molar-refractivity contribution in [2.75, 3.05) is 0 Å². The molecule has 11 atom stereocenters. The summed E-state index contributed by atoms with van der Waals surface area (Å²) in [6, 6.07) is 0. The Labute approximate surface area is 190 Å². The van der Waals surface area contributed by atoms with Gasteiger partial charge in [-0.1, -0.05) is 20.3 Å². The van der Waals surface area contributed by atoms with E-state index in [4.69, 9.17) is 9.47 Å². The summed E-state index contributed by atoms with van der Waals surface area (Å²) in [5.74, 6) is 0.523. The number of fused-ring (bicyclic) bond motifs is 7. The third kappa shape index (κ3) is 2.44. The third-order valence-corrected chi connectivity index (χ3v) is 11.8. The van der Waals surface area contributed by atoms with Crippen LogP contribution < -0.4 is 0 Å². The van der Waals surface area contributed by atoms with Crippen molar-refractivity contribution in [2.45, 2.75) is 109 Å². The molecule has 6 aliphatic rings. The van der Waals surface area contributed by atoms with Gasteiger partial charge in [0.2, 0.25) is 0 Å². The summed E-state index contributed by atoms with van der Waals surface area (Å²) in [5, 5.41) is 21.6. The molecule has 0 amide bonds. The van der Waals surface area contributed by atoms with Crippen LogP contribution in [0.15, 0.2) is 0 Å². The lowest BCUT2D eigenvalue weighted by Gasteiger charge is -2.66. The number of hydrogen-bond acceptors (Lipinski definition) is 5. The fraction of sp³-hybridized carbons (Fsp3) is 0.923. The van der Waals surface area contributed by atoms with Crippen molar-refractivity contribution >= 4 is 11.9 Å². The lowest BCUT2D eigenvalue weighted by atomic mass is 9.38. The van der Waals surface area contributed by atoms with E-state index in [1.807, 2.05) is 6.92 Å². The smallest absolute Gasteiger partial charge is 0.309 e. The molecule has 0 radical (unpaired) electrons. The second-order valence-corrected chi connectivity index (χ2v) is 12.8. The van der Waals surface area contributed by atoms with Gasteiger partial charge in [0.05, 0.1) is 24.0 Å². The summed E-state index contributed by atoms with van der Waals surface area (Å²) in [6.07, 6.45) is 7.62. The first-order chi connectivity index (χ1) is 15.0. The summed E-state index contributed by atoms with van der Waals surface area (Å²) < 4.78 is 12.1. The van der Waals surface area contributed by atoms with E-state index in [1.54, 1.807) is 0 Å². The Morgan fingerprint density at radius 1 is 1.00 bits per heavy atom. The van der Waals surface area contributed by atoms with Gasteiger partial charge in [-0.3, -0.25) is 9.59 Å². The molecule has 6 rings (SSSR count). The minimum absolute atomic E-state index is 0.0216. The molecule has 178 valence electrons. The maximum atomic E-state index is 12.4. The van der Waals surface area contributed by atoms with Gasteiger partial charge in [0, 0.05) is 6.42 Å². The molecular formula is C26H38O6. The Kier molecular flexibility index (Phi) is 4.35. The Balaban J connectivity index is 1.36. The van der Waals surface area contributed by atoms with Crippen molar-refractivity contribution in [3.05, 3.63) is 0 Å². The number of carbonyl (C=O) groups excluding carboxylic acids is 1. The van der Waals surface area contributed by atoms with E-state index >= 15 is 0 Å². The van der Waals surface area contributed by atoms with Gasteiger partial charge in [0.15, 0.2) is 0 Å². The van der Waals surface area contributed by atoms with E-state index < -0.39 is 23.1 Å². The molecule has 3 aliphatic carbocycles. The number of carboxylic acid groups (broad SMARTS) is 1. The fourth-order valence-electron chi connectivity index (χ4n) is 10.3. The molecule has 3 saturated heterocycles. The zero-order valence-corrected chi connectivity index (χ0v) is 19.6. The number of aliphatic hydroxyl groups excluding tert-OH is 1. The van der Waals surface area contributed by atoms with Crippen LogP contribution in [0.2, 0.25) is 0 Å². The Morgan fingerprint density at radius 3 is 2.53 bits per heavy atom. The van der Waals surface area contributed by atoms with Crippen LogP contribution in [0.25, 0.3) is 0 Å². The van der Waals surface area contributed by atoms with Gasteiger partial charge in [-0.25, -0.2) is 0 Å². The van der Waals surface area contributed by atoms with Crippen molar-refractivity contribution < 1.29 is 29.3 Å². The first-order valence-electron chi connectivity index (χ1n) is 12.8. The maximum absolute atomic E-state index is 12.4. The summed E-state index contributed by atoms with van der Waals surface area (Å²) in [4.78, 5) is 24.4. The SMILES string of the molecule is CC1(C(=O)O)CCCC2(C)C1CCC1(C)C3CC(O)C45CC(=O)OC4CC(O5)C3CCC12. The monoisotopic (exact) mass is 446 g/mol. The second-order valence-electron chi connectivity index (χ2n) is 12.8. The van der Waals surface area contributed by atoms with Gasteiger partial charge in [0.1, 0.15) is 11.7 Å². The predicted molar refractivity (Wildman–Crippen MR) is 116 cm³/mol. The van der Waals surface area contributed by atoms with Crippen molar-refractivity contribution in [1.29, 1.82) is 0 Å². The lowest BCUT2D eigenvalue weighted by Crippen LogP contribution is -2.62. The molecule has 2 bridgehead atoms. The standard InChI is InChI=1S/C26H38O6/c1-23-10-7-18-24(2,8-4-9-25(18,3)22(29)30)17(23)6-5-14-15(23)11-19(27)26-13-21(28)31-20(26)12-16(14)32-26/h14-20,27H,4-13H2,1-3H3,(H,29,30). The number of esters is 1. The molecule has 6 heteroatoms. The van der Waals surface area contributed by atoms with E-state index in [-0.39, 0.29) is 41.3 Å². The molecule has 0 aromatic rings. The van der Waals surface area contributed by atoms with Crippen molar-refractivity contribution in [3.8, 4) is 0 Å². The number of rotatable bonds is 1. The highest BCUT2D eigenvalue weighted by atomic mass is 16.6. The molecule has 0 aromatic carbocycles. The summed E-state index contributed by atoms with van der Waals surface area (Å²) in [6.45, 7) is 6.80. The van der Waals surface area contributed by atoms with E-state index in [1.165, 1.54) is 0 Å². The molecule has 0 aromatic heterocycles. The van der Waals surface area contributed by atoms with Crippen molar-refractivity contribution in [1.82, 2.24) is 0 Å². The summed E-state index contributed by atoms with van der Waals surface area (Å²) in [5.41, 5.74) is -1.40. The molecular weight excluding hydrogens is 408 g/mol. The summed E-state index contributed by atoms with van der Waals surface area (Å²) in [7, 11) is 0. The number of carbonyl (C=O) groups is 2. The fourth-order valence-corrected chi connectivity index (χ4v) is 10.3. The first kappa shape index (κ1) is 21.4. The van der Waals surface area contributed by atoms with E-state index in [0.717, 1.165) is 44.9 Å². The topological polar surface area (TPSA) is 93.1 Å². The van der Waals surface area contributed by atoms with E-state index in [9.17, 15) is 19.8 Å². The van der Waals surface area contributed by atoms with E-state index in [0.29, 0.717) is 30.6 Å². The van der Waals surface area contributed by atoms with Gasteiger partial charge >= 0.3 is 11.9 Å². The maximum Gasteiger partial charge on any atom is 0.309 e.